The van der Waals surface area contributed by atoms with Gasteiger partial charge in [0.15, 0.2) is 0 Å². The summed E-state index contributed by atoms with van der Waals surface area (Å²) in [5, 5.41) is 2.61. The normalized spacial score (nSPS) is 18.8. The standard InChI is InChI=1S/C17H32NO6P/c1-3-12-25(21,22)13-9-14(2)18-17(20)24-11-10-23-16(19)15-7-5-4-6-8-15/h14-15H,3-13H2,1-2H3,(H,18,20)(H,21,22). The third-order valence-electron chi connectivity index (χ3n) is 4.35. The third-order valence-corrected chi connectivity index (χ3v) is 6.45. The SMILES string of the molecule is CCCP(=O)(O)CCC(C)NC(=O)OCCOC(=O)C1CCCCC1. The Morgan fingerprint density at radius 2 is 1.80 bits per heavy atom. The van der Waals surface area contributed by atoms with E-state index in [4.69, 9.17) is 9.47 Å². The molecule has 0 saturated heterocycles. The van der Waals surface area contributed by atoms with Crippen LogP contribution < -0.4 is 5.32 Å². The summed E-state index contributed by atoms with van der Waals surface area (Å²) >= 11 is 0. The lowest BCUT2D eigenvalue weighted by Gasteiger charge is -2.20. The highest BCUT2D eigenvalue weighted by Crippen LogP contribution is 2.41. The molecule has 7 nitrogen and oxygen atoms in total. The van der Waals surface area contributed by atoms with Crippen LogP contribution in [0.25, 0.3) is 0 Å². The van der Waals surface area contributed by atoms with Gasteiger partial charge in [0, 0.05) is 18.4 Å². The molecule has 8 heteroatoms. The van der Waals surface area contributed by atoms with Crippen LogP contribution in [0.3, 0.4) is 0 Å². The first-order chi connectivity index (χ1) is 11.8. The topological polar surface area (TPSA) is 102 Å². The maximum atomic E-state index is 11.8. The van der Waals surface area contributed by atoms with E-state index in [-0.39, 0.29) is 37.3 Å². The minimum atomic E-state index is -3.09. The van der Waals surface area contributed by atoms with E-state index in [0.717, 1.165) is 25.7 Å². The summed E-state index contributed by atoms with van der Waals surface area (Å²) in [7, 11) is -3.09. The second-order valence-electron chi connectivity index (χ2n) is 6.77. The van der Waals surface area contributed by atoms with Crippen LogP contribution in [0, 0.1) is 5.92 Å². The number of nitrogens with one attached hydrogen (secondary N) is 1. The summed E-state index contributed by atoms with van der Waals surface area (Å²) in [5.74, 6) is -0.216. The van der Waals surface area contributed by atoms with E-state index in [1.807, 2.05) is 6.92 Å². The fourth-order valence-corrected chi connectivity index (χ4v) is 4.62. The van der Waals surface area contributed by atoms with Gasteiger partial charge in [0.05, 0.1) is 5.92 Å². The molecule has 1 rings (SSSR count). The number of esters is 1. The quantitative estimate of drug-likeness (QED) is 0.344. The van der Waals surface area contributed by atoms with Gasteiger partial charge in [-0.25, -0.2) is 4.79 Å². The molecule has 1 amide bonds. The zero-order chi connectivity index (χ0) is 18.7. The van der Waals surface area contributed by atoms with Crippen LogP contribution in [0.5, 0.6) is 0 Å². The molecule has 0 heterocycles. The first-order valence-electron chi connectivity index (χ1n) is 9.25. The van der Waals surface area contributed by atoms with Crippen molar-refractivity contribution in [1.82, 2.24) is 5.32 Å². The van der Waals surface area contributed by atoms with E-state index in [0.29, 0.717) is 19.0 Å². The van der Waals surface area contributed by atoms with Crippen LogP contribution >= 0.6 is 7.37 Å². The maximum Gasteiger partial charge on any atom is 0.407 e. The van der Waals surface area contributed by atoms with Gasteiger partial charge < -0.3 is 19.7 Å². The fraction of sp³-hybridized carbons (Fsp3) is 0.882. The summed E-state index contributed by atoms with van der Waals surface area (Å²) in [6.07, 6.45) is 6.02. The van der Waals surface area contributed by atoms with Crippen LogP contribution in [0.1, 0.15) is 58.8 Å². The predicted octanol–water partition coefficient (Wildman–Crippen LogP) is 3.30. The Morgan fingerprint density at radius 3 is 2.44 bits per heavy atom. The Labute approximate surface area is 150 Å². The molecular weight excluding hydrogens is 345 g/mol. The first-order valence-corrected chi connectivity index (χ1v) is 11.3. The van der Waals surface area contributed by atoms with Gasteiger partial charge >= 0.3 is 12.1 Å². The zero-order valence-electron chi connectivity index (χ0n) is 15.4. The number of amides is 1. The molecule has 0 aliphatic heterocycles. The minimum Gasteiger partial charge on any atom is -0.462 e. The van der Waals surface area contributed by atoms with E-state index in [1.54, 1.807) is 6.92 Å². The molecule has 1 fully saturated rings. The maximum absolute atomic E-state index is 11.8. The van der Waals surface area contributed by atoms with Crippen molar-refractivity contribution in [2.24, 2.45) is 5.92 Å². The van der Waals surface area contributed by atoms with Crippen molar-refractivity contribution >= 4 is 19.4 Å². The summed E-state index contributed by atoms with van der Waals surface area (Å²) in [6, 6.07) is -0.255. The van der Waals surface area contributed by atoms with Gasteiger partial charge in [-0.05, 0) is 32.6 Å². The molecule has 1 aliphatic carbocycles. The average molecular weight is 377 g/mol. The second kappa shape index (κ2) is 11.5. The zero-order valence-corrected chi connectivity index (χ0v) is 16.3. The van der Waals surface area contributed by atoms with E-state index < -0.39 is 13.5 Å². The average Bonchev–Trinajstić information content (AvgIpc) is 2.57. The minimum absolute atomic E-state index is 0.00530. The van der Waals surface area contributed by atoms with Crippen molar-refractivity contribution in [2.45, 2.75) is 64.8 Å². The van der Waals surface area contributed by atoms with Crippen LogP contribution in [0.4, 0.5) is 4.79 Å². The molecule has 0 aromatic heterocycles. The molecule has 0 aromatic rings. The lowest BCUT2D eigenvalue weighted by atomic mass is 9.89. The molecule has 25 heavy (non-hydrogen) atoms. The van der Waals surface area contributed by atoms with Crippen LogP contribution in [0.2, 0.25) is 0 Å². The van der Waals surface area contributed by atoms with Crippen molar-refractivity contribution in [3.05, 3.63) is 0 Å². The molecule has 0 radical (unpaired) electrons. The summed E-state index contributed by atoms with van der Waals surface area (Å²) < 4.78 is 21.9. The number of carbonyl (C=O) groups excluding carboxylic acids is 2. The van der Waals surface area contributed by atoms with Gasteiger partial charge in [-0.2, -0.15) is 0 Å². The highest BCUT2D eigenvalue weighted by Gasteiger charge is 2.22. The Hall–Kier alpha value is -1.07. The number of hydrogen-bond donors (Lipinski definition) is 2. The van der Waals surface area contributed by atoms with Crippen LogP contribution in [-0.2, 0) is 18.8 Å². The molecule has 1 saturated carbocycles. The van der Waals surface area contributed by atoms with E-state index >= 15 is 0 Å². The van der Waals surface area contributed by atoms with Crippen molar-refractivity contribution in [1.29, 1.82) is 0 Å². The van der Waals surface area contributed by atoms with Crippen LogP contribution in [-0.4, -0.2) is 48.5 Å². The van der Waals surface area contributed by atoms with Crippen molar-refractivity contribution in [3.8, 4) is 0 Å². The Kier molecular flexibility index (Phi) is 10.1. The largest absolute Gasteiger partial charge is 0.462 e. The fourth-order valence-electron chi connectivity index (χ4n) is 2.90. The van der Waals surface area contributed by atoms with E-state index in [2.05, 4.69) is 5.32 Å². The highest BCUT2D eigenvalue weighted by atomic mass is 31.2. The summed E-state index contributed by atoms with van der Waals surface area (Å²) in [4.78, 5) is 33.2. The van der Waals surface area contributed by atoms with Crippen molar-refractivity contribution in [3.63, 3.8) is 0 Å². The smallest absolute Gasteiger partial charge is 0.407 e. The number of rotatable bonds is 10. The van der Waals surface area contributed by atoms with Gasteiger partial charge in [-0.1, -0.05) is 26.2 Å². The first kappa shape index (κ1) is 22.0. The second-order valence-corrected chi connectivity index (χ2v) is 9.35. The number of ether oxygens (including phenoxy) is 2. The third kappa shape index (κ3) is 9.85. The lowest BCUT2D eigenvalue weighted by Crippen LogP contribution is -2.34. The molecule has 1 aliphatic rings. The molecular formula is C17H32NO6P. The molecule has 146 valence electrons. The van der Waals surface area contributed by atoms with Gasteiger partial charge in [0.1, 0.15) is 13.2 Å². The number of alkyl carbamates (subject to hydrolysis) is 1. The Morgan fingerprint density at radius 1 is 1.16 bits per heavy atom. The molecule has 2 N–H and O–H groups in total. The highest BCUT2D eigenvalue weighted by molar-refractivity contribution is 7.57. The molecule has 0 aromatic carbocycles. The van der Waals surface area contributed by atoms with Crippen LogP contribution in [0.15, 0.2) is 0 Å². The molecule has 2 unspecified atom stereocenters. The number of hydrogen-bond acceptors (Lipinski definition) is 5. The van der Waals surface area contributed by atoms with Gasteiger partial charge in [0.25, 0.3) is 0 Å². The van der Waals surface area contributed by atoms with Gasteiger partial charge in [-0.15, -0.1) is 0 Å². The lowest BCUT2D eigenvalue weighted by molar-refractivity contribution is -0.150. The number of carbonyl (C=O) groups is 2. The predicted molar refractivity (Wildman–Crippen MR) is 95.9 cm³/mol. The van der Waals surface area contributed by atoms with E-state index in [1.165, 1.54) is 6.42 Å². The summed E-state index contributed by atoms with van der Waals surface area (Å²) in [6.45, 7) is 3.68. The Balaban J connectivity index is 2.11. The van der Waals surface area contributed by atoms with E-state index in [9.17, 15) is 19.0 Å². The molecule has 0 spiro atoms. The molecule has 2 atom stereocenters. The van der Waals surface area contributed by atoms with Crippen molar-refractivity contribution in [2.75, 3.05) is 25.5 Å². The van der Waals surface area contributed by atoms with Crippen molar-refractivity contribution < 1.29 is 28.5 Å². The van der Waals surface area contributed by atoms with Gasteiger partial charge in [0.2, 0.25) is 7.37 Å². The summed E-state index contributed by atoms with van der Waals surface area (Å²) in [5.41, 5.74) is 0. The van der Waals surface area contributed by atoms with Gasteiger partial charge in [-0.3, -0.25) is 9.36 Å². The Bertz CT molecular complexity index is 464. The monoisotopic (exact) mass is 377 g/mol. The molecule has 0 bridgehead atoms.